The van der Waals surface area contributed by atoms with Gasteiger partial charge in [-0.3, -0.25) is 0 Å². The van der Waals surface area contributed by atoms with Gasteiger partial charge in [0, 0.05) is 41.6 Å². The van der Waals surface area contributed by atoms with E-state index in [1.165, 1.54) is 10.9 Å². The summed E-state index contributed by atoms with van der Waals surface area (Å²) in [6.07, 6.45) is 5.86. The summed E-state index contributed by atoms with van der Waals surface area (Å²) < 4.78 is 7.69. The van der Waals surface area contributed by atoms with Gasteiger partial charge in [-0.1, -0.05) is 12.1 Å². The molecule has 24 heavy (non-hydrogen) atoms. The highest BCUT2D eigenvalue weighted by molar-refractivity contribution is 5.82. The van der Waals surface area contributed by atoms with Gasteiger partial charge in [0.2, 0.25) is 0 Å². The molecule has 0 saturated carbocycles. The lowest BCUT2D eigenvalue weighted by molar-refractivity contribution is 0.340. The summed E-state index contributed by atoms with van der Waals surface area (Å²) in [5.74, 6) is 1.85. The highest BCUT2D eigenvalue weighted by atomic mass is 16.5. The van der Waals surface area contributed by atoms with E-state index in [0.717, 1.165) is 29.2 Å². The summed E-state index contributed by atoms with van der Waals surface area (Å²) in [6.45, 7) is 3.45. The van der Waals surface area contributed by atoms with Crippen LogP contribution in [0.5, 0.6) is 5.75 Å². The van der Waals surface area contributed by atoms with Gasteiger partial charge >= 0.3 is 0 Å². The number of hydrogen-bond donors (Lipinski definition) is 1. The molecule has 4 aromatic rings. The third kappa shape index (κ3) is 2.67. The second-order valence-electron chi connectivity index (χ2n) is 5.69. The average Bonchev–Trinajstić information content (AvgIpc) is 3.25. The topological polar surface area (TPSA) is 42.8 Å². The molecule has 4 rings (SSSR count). The second-order valence-corrected chi connectivity index (χ2v) is 5.69. The van der Waals surface area contributed by atoms with Gasteiger partial charge in [-0.15, -0.1) is 0 Å². The van der Waals surface area contributed by atoms with E-state index in [1.807, 2.05) is 37.6 Å². The van der Waals surface area contributed by atoms with Crippen LogP contribution in [0.3, 0.4) is 0 Å². The summed E-state index contributed by atoms with van der Waals surface area (Å²) in [6, 6.07) is 16.6. The van der Waals surface area contributed by atoms with E-state index in [4.69, 9.17) is 4.74 Å². The van der Waals surface area contributed by atoms with Gasteiger partial charge in [-0.2, -0.15) is 0 Å². The number of H-pyrrole nitrogens is 1. The van der Waals surface area contributed by atoms with Crippen LogP contribution in [0.1, 0.15) is 12.5 Å². The van der Waals surface area contributed by atoms with Gasteiger partial charge in [0.1, 0.15) is 11.6 Å². The third-order valence-corrected chi connectivity index (χ3v) is 4.16. The number of nitrogens with one attached hydrogen (secondary N) is 1. The van der Waals surface area contributed by atoms with Crippen molar-refractivity contribution in [2.75, 3.05) is 6.61 Å². The Hall–Kier alpha value is -3.01. The van der Waals surface area contributed by atoms with Crippen LogP contribution in [-0.4, -0.2) is 21.1 Å². The number of benzene rings is 2. The Bertz CT molecular complexity index is 950. The molecule has 4 heteroatoms. The van der Waals surface area contributed by atoms with Crippen LogP contribution in [0.15, 0.2) is 67.1 Å². The summed E-state index contributed by atoms with van der Waals surface area (Å²) in [5, 5.41) is 1.25. The monoisotopic (exact) mass is 317 g/mol. The van der Waals surface area contributed by atoms with Crippen molar-refractivity contribution in [3.63, 3.8) is 0 Å². The minimum absolute atomic E-state index is 0.675. The first-order valence-electron chi connectivity index (χ1n) is 8.14. The largest absolute Gasteiger partial charge is 0.494 e. The molecule has 2 heterocycles. The Kier molecular flexibility index (Phi) is 3.79. The van der Waals surface area contributed by atoms with Gasteiger partial charge in [-0.05, 0) is 48.9 Å². The standard InChI is InChI=1S/C20H19N3O/c1-2-24-17-8-6-15(7-9-17)20-22-12-13-23(20)14-16-4-3-5-19-18(16)10-11-21-19/h3-13,21H,2,14H2,1H3. The Morgan fingerprint density at radius 3 is 2.79 bits per heavy atom. The fourth-order valence-corrected chi connectivity index (χ4v) is 3.04. The second kappa shape index (κ2) is 6.24. The van der Waals surface area contributed by atoms with Crippen molar-refractivity contribution in [2.24, 2.45) is 0 Å². The predicted octanol–water partition coefficient (Wildman–Crippen LogP) is 4.48. The average molecular weight is 317 g/mol. The molecule has 0 aliphatic rings. The highest BCUT2D eigenvalue weighted by Crippen LogP contribution is 2.24. The molecule has 0 aliphatic carbocycles. The van der Waals surface area contributed by atoms with E-state index in [9.17, 15) is 0 Å². The maximum atomic E-state index is 5.51. The Labute approximate surface area is 140 Å². The van der Waals surface area contributed by atoms with Gasteiger partial charge in [-0.25, -0.2) is 4.98 Å². The zero-order chi connectivity index (χ0) is 16.4. The van der Waals surface area contributed by atoms with Gasteiger partial charge in [0.05, 0.1) is 6.61 Å². The number of hydrogen-bond acceptors (Lipinski definition) is 2. The number of fused-ring (bicyclic) bond motifs is 1. The molecule has 120 valence electrons. The van der Waals surface area contributed by atoms with Crippen molar-refractivity contribution in [2.45, 2.75) is 13.5 Å². The number of aromatic nitrogens is 3. The lowest BCUT2D eigenvalue weighted by Gasteiger charge is -2.10. The fraction of sp³-hybridized carbons (Fsp3) is 0.150. The molecule has 0 bridgehead atoms. The molecular formula is C20H19N3O. The number of ether oxygens (including phenoxy) is 1. The third-order valence-electron chi connectivity index (χ3n) is 4.16. The predicted molar refractivity (Wildman–Crippen MR) is 96.2 cm³/mol. The molecule has 0 fully saturated rings. The fourth-order valence-electron chi connectivity index (χ4n) is 3.04. The maximum Gasteiger partial charge on any atom is 0.140 e. The summed E-state index contributed by atoms with van der Waals surface area (Å²) >= 11 is 0. The molecule has 1 N–H and O–H groups in total. The Morgan fingerprint density at radius 2 is 1.96 bits per heavy atom. The first-order valence-corrected chi connectivity index (χ1v) is 8.14. The minimum Gasteiger partial charge on any atom is -0.494 e. The molecule has 0 aliphatic heterocycles. The molecule has 0 spiro atoms. The van der Waals surface area contributed by atoms with Gasteiger partial charge < -0.3 is 14.3 Å². The van der Waals surface area contributed by atoms with Gasteiger partial charge in [0.25, 0.3) is 0 Å². The maximum absolute atomic E-state index is 5.51. The lowest BCUT2D eigenvalue weighted by atomic mass is 10.1. The van der Waals surface area contributed by atoms with Crippen molar-refractivity contribution < 1.29 is 4.74 Å². The molecule has 2 aromatic carbocycles. The van der Waals surface area contributed by atoms with Crippen LogP contribution >= 0.6 is 0 Å². The Balaban J connectivity index is 1.66. The van der Waals surface area contributed by atoms with E-state index >= 15 is 0 Å². The summed E-state index contributed by atoms with van der Waals surface area (Å²) in [7, 11) is 0. The van der Waals surface area contributed by atoms with E-state index < -0.39 is 0 Å². The smallest absolute Gasteiger partial charge is 0.140 e. The molecule has 2 aromatic heterocycles. The first kappa shape index (κ1) is 14.6. The number of imidazole rings is 1. The number of aromatic amines is 1. The molecule has 0 saturated heterocycles. The molecular weight excluding hydrogens is 298 g/mol. The minimum atomic E-state index is 0.675. The Morgan fingerprint density at radius 1 is 1.08 bits per heavy atom. The van der Waals surface area contributed by atoms with Gasteiger partial charge in [0.15, 0.2) is 0 Å². The van der Waals surface area contributed by atoms with Crippen LogP contribution in [0.2, 0.25) is 0 Å². The first-order chi connectivity index (χ1) is 11.8. The molecule has 0 atom stereocenters. The highest BCUT2D eigenvalue weighted by Gasteiger charge is 2.09. The summed E-state index contributed by atoms with van der Waals surface area (Å²) in [5.41, 5.74) is 3.53. The van der Waals surface area contributed by atoms with Crippen molar-refractivity contribution >= 4 is 10.9 Å². The van der Waals surface area contributed by atoms with Crippen LogP contribution in [0.4, 0.5) is 0 Å². The van der Waals surface area contributed by atoms with Crippen molar-refractivity contribution in [1.82, 2.24) is 14.5 Å². The van der Waals surface area contributed by atoms with Crippen LogP contribution in [-0.2, 0) is 6.54 Å². The molecule has 0 amide bonds. The van der Waals surface area contributed by atoms with Crippen LogP contribution in [0.25, 0.3) is 22.3 Å². The van der Waals surface area contributed by atoms with Crippen molar-refractivity contribution in [3.05, 3.63) is 72.7 Å². The quantitative estimate of drug-likeness (QED) is 0.590. The molecule has 4 nitrogen and oxygen atoms in total. The van der Waals surface area contributed by atoms with E-state index in [1.54, 1.807) is 0 Å². The number of rotatable bonds is 5. The van der Waals surface area contributed by atoms with E-state index in [-0.39, 0.29) is 0 Å². The molecule has 0 radical (unpaired) electrons. The van der Waals surface area contributed by atoms with E-state index in [0.29, 0.717) is 6.61 Å². The van der Waals surface area contributed by atoms with Crippen LogP contribution in [0, 0.1) is 0 Å². The summed E-state index contributed by atoms with van der Waals surface area (Å²) in [4.78, 5) is 7.81. The molecule has 0 unspecified atom stereocenters. The lowest BCUT2D eigenvalue weighted by Crippen LogP contribution is -2.01. The van der Waals surface area contributed by atoms with Crippen molar-refractivity contribution in [3.8, 4) is 17.1 Å². The zero-order valence-electron chi connectivity index (χ0n) is 13.6. The van der Waals surface area contributed by atoms with Crippen LogP contribution < -0.4 is 4.74 Å². The normalized spacial score (nSPS) is 11.0. The zero-order valence-corrected chi connectivity index (χ0v) is 13.6. The SMILES string of the molecule is CCOc1ccc(-c2nccn2Cc2cccc3[nH]ccc23)cc1. The number of nitrogens with zero attached hydrogens (tertiary/aromatic N) is 2. The van der Waals surface area contributed by atoms with E-state index in [2.05, 4.69) is 50.9 Å². The van der Waals surface area contributed by atoms with Crippen molar-refractivity contribution in [1.29, 1.82) is 0 Å².